The number of hydrogen-bond donors (Lipinski definition) is 1. The minimum atomic E-state index is -0.193. The van der Waals surface area contributed by atoms with E-state index in [9.17, 15) is 4.39 Å². The molecule has 1 heterocycles. The first-order valence-corrected chi connectivity index (χ1v) is 6.74. The lowest BCUT2D eigenvalue weighted by atomic mass is 10.2. The molecule has 0 atom stereocenters. The van der Waals surface area contributed by atoms with Crippen LogP contribution in [-0.2, 0) is 19.6 Å². The number of rotatable bonds is 6. The highest BCUT2D eigenvalue weighted by Gasteiger charge is 2.09. The van der Waals surface area contributed by atoms with E-state index < -0.39 is 0 Å². The minimum Gasteiger partial charge on any atom is -0.465 e. The SMILES string of the molecule is CNCc1cc(CN(C)Cc2cccc(F)c2)oc1C. The van der Waals surface area contributed by atoms with Crippen LogP contribution in [0, 0.1) is 12.7 Å². The number of furan rings is 1. The molecule has 0 aliphatic carbocycles. The molecule has 0 radical (unpaired) electrons. The quantitative estimate of drug-likeness (QED) is 0.879. The van der Waals surface area contributed by atoms with E-state index in [0.29, 0.717) is 13.1 Å². The van der Waals surface area contributed by atoms with Gasteiger partial charge in [-0.3, -0.25) is 4.90 Å². The highest BCUT2D eigenvalue weighted by atomic mass is 19.1. The summed E-state index contributed by atoms with van der Waals surface area (Å²) in [5.74, 6) is 1.70. The largest absolute Gasteiger partial charge is 0.465 e. The van der Waals surface area contributed by atoms with Crippen molar-refractivity contribution in [1.82, 2.24) is 10.2 Å². The predicted molar refractivity (Wildman–Crippen MR) is 77.8 cm³/mol. The van der Waals surface area contributed by atoms with Crippen LogP contribution in [0.3, 0.4) is 0 Å². The van der Waals surface area contributed by atoms with Crippen LogP contribution in [0.5, 0.6) is 0 Å². The first-order valence-electron chi connectivity index (χ1n) is 6.74. The van der Waals surface area contributed by atoms with Crippen molar-refractivity contribution in [2.24, 2.45) is 0 Å². The molecule has 0 aliphatic rings. The summed E-state index contributed by atoms with van der Waals surface area (Å²) in [5.41, 5.74) is 2.15. The standard InChI is InChI=1S/C16H21FN2O/c1-12-14(9-18-2)8-16(20-12)11-19(3)10-13-5-4-6-15(17)7-13/h4-8,18H,9-11H2,1-3H3. The van der Waals surface area contributed by atoms with Crippen LogP contribution in [0.25, 0.3) is 0 Å². The molecular weight excluding hydrogens is 255 g/mol. The van der Waals surface area contributed by atoms with Gasteiger partial charge in [0.2, 0.25) is 0 Å². The van der Waals surface area contributed by atoms with Crippen LogP contribution in [-0.4, -0.2) is 19.0 Å². The maximum Gasteiger partial charge on any atom is 0.123 e. The van der Waals surface area contributed by atoms with E-state index in [1.807, 2.05) is 27.1 Å². The third kappa shape index (κ3) is 3.92. The average molecular weight is 276 g/mol. The molecule has 0 bridgehead atoms. The Morgan fingerprint density at radius 1 is 1.25 bits per heavy atom. The Morgan fingerprint density at radius 3 is 2.75 bits per heavy atom. The molecule has 1 aromatic heterocycles. The van der Waals surface area contributed by atoms with E-state index in [4.69, 9.17) is 4.42 Å². The summed E-state index contributed by atoms with van der Waals surface area (Å²) >= 11 is 0. The zero-order valence-corrected chi connectivity index (χ0v) is 12.2. The van der Waals surface area contributed by atoms with E-state index in [0.717, 1.165) is 23.6 Å². The molecule has 4 heteroatoms. The monoisotopic (exact) mass is 276 g/mol. The third-order valence-corrected chi connectivity index (χ3v) is 3.21. The number of nitrogens with zero attached hydrogens (tertiary/aromatic N) is 1. The van der Waals surface area contributed by atoms with Gasteiger partial charge in [-0.25, -0.2) is 4.39 Å². The van der Waals surface area contributed by atoms with Crippen molar-refractivity contribution >= 4 is 0 Å². The fraction of sp³-hybridized carbons (Fsp3) is 0.375. The van der Waals surface area contributed by atoms with Gasteiger partial charge in [0.1, 0.15) is 17.3 Å². The summed E-state index contributed by atoms with van der Waals surface area (Å²) in [5, 5.41) is 3.12. The molecule has 0 saturated heterocycles. The van der Waals surface area contributed by atoms with E-state index in [-0.39, 0.29) is 5.82 Å². The highest BCUT2D eigenvalue weighted by molar-refractivity contribution is 5.21. The van der Waals surface area contributed by atoms with Gasteiger partial charge in [-0.2, -0.15) is 0 Å². The lowest BCUT2D eigenvalue weighted by Gasteiger charge is -2.15. The van der Waals surface area contributed by atoms with Crippen molar-refractivity contribution in [2.75, 3.05) is 14.1 Å². The van der Waals surface area contributed by atoms with Crippen molar-refractivity contribution in [3.8, 4) is 0 Å². The Kier molecular flexibility index (Phi) is 4.93. The fourth-order valence-corrected chi connectivity index (χ4v) is 2.30. The van der Waals surface area contributed by atoms with Crippen LogP contribution >= 0.6 is 0 Å². The summed E-state index contributed by atoms with van der Waals surface area (Å²) in [6.45, 7) is 4.19. The van der Waals surface area contributed by atoms with Gasteiger partial charge in [-0.1, -0.05) is 12.1 Å². The molecule has 2 aromatic rings. The van der Waals surface area contributed by atoms with Crippen molar-refractivity contribution in [2.45, 2.75) is 26.6 Å². The Hall–Kier alpha value is -1.65. The highest BCUT2D eigenvalue weighted by Crippen LogP contribution is 2.17. The Balaban J connectivity index is 1.97. The van der Waals surface area contributed by atoms with Crippen LogP contribution in [0.2, 0.25) is 0 Å². The van der Waals surface area contributed by atoms with Gasteiger partial charge < -0.3 is 9.73 Å². The summed E-state index contributed by atoms with van der Waals surface area (Å²) in [4.78, 5) is 2.11. The molecule has 1 N–H and O–H groups in total. The number of hydrogen-bond acceptors (Lipinski definition) is 3. The molecule has 1 aromatic carbocycles. The molecule has 0 amide bonds. The third-order valence-electron chi connectivity index (χ3n) is 3.21. The second kappa shape index (κ2) is 6.68. The molecular formula is C16H21FN2O. The number of aryl methyl sites for hydroxylation is 1. The molecule has 0 fully saturated rings. The molecule has 108 valence electrons. The topological polar surface area (TPSA) is 28.4 Å². The predicted octanol–water partition coefficient (Wildman–Crippen LogP) is 3.08. The van der Waals surface area contributed by atoms with Crippen molar-refractivity contribution in [3.05, 3.63) is 58.8 Å². The maximum atomic E-state index is 13.1. The molecule has 20 heavy (non-hydrogen) atoms. The summed E-state index contributed by atoms with van der Waals surface area (Å²) < 4.78 is 18.9. The van der Waals surface area contributed by atoms with Gasteiger partial charge in [0.15, 0.2) is 0 Å². The first-order chi connectivity index (χ1) is 9.58. The molecule has 2 rings (SSSR count). The van der Waals surface area contributed by atoms with E-state index in [1.54, 1.807) is 12.1 Å². The van der Waals surface area contributed by atoms with Gasteiger partial charge in [-0.05, 0) is 44.8 Å². The number of nitrogens with one attached hydrogen (secondary N) is 1. The normalized spacial score (nSPS) is 11.2. The van der Waals surface area contributed by atoms with E-state index in [2.05, 4.69) is 16.3 Å². The lowest BCUT2D eigenvalue weighted by Crippen LogP contribution is -2.16. The van der Waals surface area contributed by atoms with E-state index >= 15 is 0 Å². The van der Waals surface area contributed by atoms with Crippen LogP contribution in [0.1, 0.15) is 22.6 Å². The molecule has 0 aliphatic heterocycles. The number of benzene rings is 1. The van der Waals surface area contributed by atoms with Gasteiger partial charge in [0.25, 0.3) is 0 Å². The van der Waals surface area contributed by atoms with Crippen LogP contribution in [0.4, 0.5) is 4.39 Å². The molecule has 3 nitrogen and oxygen atoms in total. The Labute approximate surface area is 119 Å². The summed E-state index contributed by atoms with van der Waals surface area (Å²) in [7, 11) is 3.92. The first kappa shape index (κ1) is 14.8. The van der Waals surface area contributed by atoms with Gasteiger partial charge >= 0.3 is 0 Å². The minimum absolute atomic E-state index is 0.193. The fourth-order valence-electron chi connectivity index (χ4n) is 2.30. The maximum absolute atomic E-state index is 13.1. The second-order valence-corrected chi connectivity index (χ2v) is 5.13. The van der Waals surface area contributed by atoms with E-state index in [1.165, 1.54) is 11.6 Å². The number of halogens is 1. The zero-order valence-electron chi connectivity index (χ0n) is 12.2. The van der Waals surface area contributed by atoms with Gasteiger partial charge in [0.05, 0.1) is 6.54 Å². The molecule has 0 spiro atoms. The second-order valence-electron chi connectivity index (χ2n) is 5.13. The average Bonchev–Trinajstić information content (AvgIpc) is 2.70. The summed E-state index contributed by atoms with van der Waals surface area (Å²) in [6, 6.07) is 8.77. The van der Waals surface area contributed by atoms with Gasteiger partial charge in [0, 0.05) is 18.7 Å². The van der Waals surface area contributed by atoms with Crippen LogP contribution in [0.15, 0.2) is 34.7 Å². The van der Waals surface area contributed by atoms with Gasteiger partial charge in [-0.15, -0.1) is 0 Å². The smallest absolute Gasteiger partial charge is 0.123 e. The lowest BCUT2D eigenvalue weighted by molar-refractivity contribution is 0.285. The van der Waals surface area contributed by atoms with Crippen molar-refractivity contribution in [1.29, 1.82) is 0 Å². The Morgan fingerprint density at radius 2 is 2.05 bits per heavy atom. The van der Waals surface area contributed by atoms with Crippen LogP contribution < -0.4 is 5.32 Å². The molecule has 0 unspecified atom stereocenters. The Bertz CT molecular complexity index is 565. The zero-order chi connectivity index (χ0) is 14.5. The van der Waals surface area contributed by atoms with Crippen molar-refractivity contribution < 1.29 is 8.81 Å². The molecule has 0 saturated carbocycles. The summed E-state index contributed by atoms with van der Waals surface area (Å²) in [6.07, 6.45) is 0. The van der Waals surface area contributed by atoms with Crippen molar-refractivity contribution in [3.63, 3.8) is 0 Å².